The smallest absolute Gasteiger partial charge is 0.251 e. The molecular formula is C19H20N4O2. The van der Waals surface area contributed by atoms with Crippen molar-refractivity contribution in [2.24, 2.45) is 0 Å². The zero-order valence-corrected chi connectivity index (χ0v) is 13.9. The van der Waals surface area contributed by atoms with E-state index < -0.39 is 0 Å². The average molecular weight is 336 g/mol. The van der Waals surface area contributed by atoms with Crippen LogP contribution < -0.4 is 5.32 Å². The number of amides is 1. The maximum absolute atomic E-state index is 12.4. The highest BCUT2D eigenvalue weighted by atomic mass is 16.5. The molecule has 0 atom stereocenters. The van der Waals surface area contributed by atoms with E-state index in [9.17, 15) is 4.79 Å². The maximum atomic E-state index is 12.4. The number of ether oxygens (including phenoxy) is 1. The zero-order valence-electron chi connectivity index (χ0n) is 13.9. The van der Waals surface area contributed by atoms with Crippen LogP contribution in [0.4, 0.5) is 0 Å². The summed E-state index contributed by atoms with van der Waals surface area (Å²) in [5.41, 5.74) is 3.83. The molecule has 2 aromatic carbocycles. The molecule has 1 N–H and O–H groups in total. The highest BCUT2D eigenvalue weighted by molar-refractivity contribution is 5.98. The van der Waals surface area contributed by atoms with Crippen LogP contribution >= 0.6 is 0 Å². The number of fused-ring (bicyclic) bond motifs is 2. The largest absolute Gasteiger partial charge is 0.379 e. The molecule has 1 aromatic heterocycles. The summed E-state index contributed by atoms with van der Waals surface area (Å²) in [5, 5.41) is 2.98. The Morgan fingerprint density at radius 2 is 1.68 bits per heavy atom. The molecule has 0 spiro atoms. The molecule has 1 aliphatic rings. The normalized spacial score (nSPS) is 15.5. The van der Waals surface area contributed by atoms with Crippen LogP contribution in [0.2, 0.25) is 0 Å². The number of carbonyl (C=O) groups is 1. The van der Waals surface area contributed by atoms with Crippen molar-refractivity contribution in [2.45, 2.75) is 0 Å². The summed E-state index contributed by atoms with van der Waals surface area (Å²) >= 11 is 0. The molecule has 128 valence electrons. The van der Waals surface area contributed by atoms with Crippen LogP contribution in [0.25, 0.3) is 22.1 Å². The SMILES string of the molecule is O=C(NCCN1CCOCC1)c1ccc2nc3ccccc3nc2c1. The lowest BCUT2D eigenvalue weighted by atomic mass is 10.1. The summed E-state index contributed by atoms with van der Waals surface area (Å²) in [6, 6.07) is 13.2. The Kier molecular flexibility index (Phi) is 4.54. The van der Waals surface area contributed by atoms with E-state index in [-0.39, 0.29) is 5.91 Å². The number of nitrogens with one attached hydrogen (secondary N) is 1. The molecule has 1 saturated heterocycles. The number of carbonyl (C=O) groups excluding carboxylic acids is 1. The van der Waals surface area contributed by atoms with Gasteiger partial charge in [-0.05, 0) is 30.3 Å². The molecule has 4 rings (SSSR count). The first-order valence-corrected chi connectivity index (χ1v) is 8.54. The Hall–Kier alpha value is -2.57. The Labute approximate surface area is 145 Å². The number of nitrogens with zero attached hydrogens (tertiary/aromatic N) is 3. The lowest BCUT2D eigenvalue weighted by Gasteiger charge is -2.26. The van der Waals surface area contributed by atoms with Crippen molar-refractivity contribution in [2.75, 3.05) is 39.4 Å². The molecule has 6 heteroatoms. The van der Waals surface area contributed by atoms with Gasteiger partial charge in [0.15, 0.2) is 0 Å². The molecule has 6 nitrogen and oxygen atoms in total. The van der Waals surface area contributed by atoms with Gasteiger partial charge in [0.1, 0.15) is 0 Å². The second-order valence-electron chi connectivity index (χ2n) is 6.13. The Morgan fingerprint density at radius 3 is 2.44 bits per heavy atom. The fraction of sp³-hybridized carbons (Fsp3) is 0.316. The van der Waals surface area contributed by atoms with Gasteiger partial charge in [-0.1, -0.05) is 12.1 Å². The first-order valence-electron chi connectivity index (χ1n) is 8.54. The molecule has 0 unspecified atom stereocenters. The van der Waals surface area contributed by atoms with Gasteiger partial charge in [0.25, 0.3) is 5.91 Å². The highest BCUT2D eigenvalue weighted by Gasteiger charge is 2.12. The summed E-state index contributed by atoms with van der Waals surface area (Å²) in [4.78, 5) is 23.9. The molecule has 2 heterocycles. The minimum Gasteiger partial charge on any atom is -0.379 e. The van der Waals surface area contributed by atoms with Gasteiger partial charge in [-0.15, -0.1) is 0 Å². The summed E-state index contributed by atoms with van der Waals surface area (Å²) in [7, 11) is 0. The van der Waals surface area contributed by atoms with Crippen LogP contribution in [0.5, 0.6) is 0 Å². The monoisotopic (exact) mass is 336 g/mol. The lowest BCUT2D eigenvalue weighted by molar-refractivity contribution is 0.0383. The summed E-state index contributed by atoms with van der Waals surface area (Å²) in [6.07, 6.45) is 0. The molecule has 0 bridgehead atoms. The van der Waals surface area contributed by atoms with Gasteiger partial charge in [-0.3, -0.25) is 9.69 Å². The quantitative estimate of drug-likeness (QED) is 0.737. The minimum absolute atomic E-state index is 0.0786. The third-order valence-electron chi connectivity index (χ3n) is 4.42. The standard InChI is InChI=1S/C19H20N4O2/c24-19(20-7-8-23-9-11-25-12-10-23)14-5-6-17-18(13-14)22-16-4-2-1-3-15(16)21-17/h1-6,13H,7-12H2,(H,20,24). The van der Waals surface area contributed by atoms with Crippen LogP contribution in [0.1, 0.15) is 10.4 Å². The number of benzene rings is 2. The molecular weight excluding hydrogens is 316 g/mol. The molecule has 1 amide bonds. The van der Waals surface area contributed by atoms with Gasteiger partial charge in [0.05, 0.1) is 35.3 Å². The van der Waals surface area contributed by atoms with Crippen LogP contribution in [-0.2, 0) is 4.74 Å². The van der Waals surface area contributed by atoms with Crippen molar-refractivity contribution in [1.29, 1.82) is 0 Å². The number of morpholine rings is 1. The van der Waals surface area contributed by atoms with E-state index in [2.05, 4.69) is 20.2 Å². The topological polar surface area (TPSA) is 67.4 Å². The fourth-order valence-electron chi connectivity index (χ4n) is 3.02. The first-order chi connectivity index (χ1) is 12.3. The van der Waals surface area contributed by atoms with Gasteiger partial charge < -0.3 is 10.1 Å². The fourth-order valence-corrected chi connectivity index (χ4v) is 3.02. The van der Waals surface area contributed by atoms with Gasteiger partial charge in [0, 0.05) is 31.7 Å². The van der Waals surface area contributed by atoms with Crippen LogP contribution in [0.15, 0.2) is 42.5 Å². The van der Waals surface area contributed by atoms with Crippen LogP contribution in [0, 0.1) is 0 Å². The van der Waals surface area contributed by atoms with E-state index >= 15 is 0 Å². The Bertz CT molecular complexity index is 906. The molecule has 0 aliphatic carbocycles. The van der Waals surface area contributed by atoms with Crippen molar-refractivity contribution in [3.8, 4) is 0 Å². The van der Waals surface area contributed by atoms with E-state index in [4.69, 9.17) is 4.74 Å². The van der Waals surface area contributed by atoms with E-state index in [1.165, 1.54) is 0 Å². The third-order valence-corrected chi connectivity index (χ3v) is 4.42. The molecule has 3 aromatic rings. The number of aromatic nitrogens is 2. The van der Waals surface area contributed by atoms with Gasteiger partial charge in [-0.2, -0.15) is 0 Å². The van der Waals surface area contributed by atoms with Crippen molar-refractivity contribution >= 4 is 28.0 Å². The number of hydrogen-bond acceptors (Lipinski definition) is 5. The van der Waals surface area contributed by atoms with Gasteiger partial charge >= 0.3 is 0 Å². The predicted octanol–water partition coefficient (Wildman–Crippen LogP) is 1.85. The van der Waals surface area contributed by atoms with Gasteiger partial charge in [-0.25, -0.2) is 9.97 Å². The molecule has 0 radical (unpaired) electrons. The van der Waals surface area contributed by atoms with Crippen molar-refractivity contribution in [1.82, 2.24) is 20.2 Å². The van der Waals surface area contributed by atoms with Crippen molar-refractivity contribution in [3.05, 3.63) is 48.0 Å². The number of hydrogen-bond donors (Lipinski definition) is 1. The number of rotatable bonds is 4. The van der Waals surface area contributed by atoms with Crippen LogP contribution in [0.3, 0.4) is 0 Å². The highest BCUT2D eigenvalue weighted by Crippen LogP contribution is 2.17. The zero-order chi connectivity index (χ0) is 17.1. The predicted molar refractivity (Wildman–Crippen MR) is 96.6 cm³/mol. The molecule has 25 heavy (non-hydrogen) atoms. The van der Waals surface area contributed by atoms with E-state index in [0.717, 1.165) is 54.9 Å². The van der Waals surface area contributed by atoms with Gasteiger partial charge in [0.2, 0.25) is 0 Å². The maximum Gasteiger partial charge on any atom is 0.251 e. The summed E-state index contributed by atoms with van der Waals surface area (Å²) in [5.74, 6) is -0.0786. The van der Waals surface area contributed by atoms with E-state index in [0.29, 0.717) is 12.1 Å². The van der Waals surface area contributed by atoms with E-state index in [1.807, 2.05) is 30.3 Å². The van der Waals surface area contributed by atoms with Crippen LogP contribution in [-0.4, -0.2) is 60.2 Å². The average Bonchev–Trinajstić information content (AvgIpc) is 2.66. The molecule has 0 saturated carbocycles. The second kappa shape index (κ2) is 7.13. The second-order valence-corrected chi connectivity index (χ2v) is 6.13. The number of para-hydroxylation sites is 2. The Balaban J connectivity index is 1.46. The van der Waals surface area contributed by atoms with Crippen molar-refractivity contribution in [3.63, 3.8) is 0 Å². The van der Waals surface area contributed by atoms with Crippen molar-refractivity contribution < 1.29 is 9.53 Å². The summed E-state index contributed by atoms with van der Waals surface area (Å²) < 4.78 is 5.33. The minimum atomic E-state index is -0.0786. The Morgan fingerprint density at radius 1 is 1.00 bits per heavy atom. The first kappa shape index (κ1) is 15.9. The van der Waals surface area contributed by atoms with E-state index in [1.54, 1.807) is 12.1 Å². The third kappa shape index (κ3) is 3.60. The summed E-state index contributed by atoms with van der Waals surface area (Å²) in [6.45, 7) is 4.85. The molecule has 1 aliphatic heterocycles. The molecule has 1 fully saturated rings. The lowest BCUT2D eigenvalue weighted by Crippen LogP contribution is -2.41.